The van der Waals surface area contributed by atoms with Gasteiger partial charge in [0, 0.05) is 54.8 Å². The second-order valence-corrected chi connectivity index (χ2v) is 13.1. The number of hydrogen-bond acceptors (Lipinski definition) is 6. The normalized spacial score (nSPS) is 21.4. The van der Waals surface area contributed by atoms with Crippen LogP contribution in [-0.2, 0) is 27.0 Å². The second kappa shape index (κ2) is 13.8. The van der Waals surface area contributed by atoms with Crippen LogP contribution < -0.4 is 15.5 Å². The van der Waals surface area contributed by atoms with E-state index in [0.29, 0.717) is 41.7 Å². The summed E-state index contributed by atoms with van der Waals surface area (Å²) in [5, 5.41) is 10.4. The van der Waals surface area contributed by atoms with Gasteiger partial charge in [-0.25, -0.2) is 4.68 Å². The zero-order valence-electron chi connectivity index (χ0n) is 27.9. The fourth-order valence-corrected chi connectivity index (χ4v) is 7.27. The molecule has 2 saturated heterocycles. The highest BCUT2D eigenvalue weighted by molar-refractivity contribution is 6.05. The minimum Gasteiger partial charge on any atom is -0.375 e. The average Bonchev–Trinajstić information content (AvgIpc) is 3.88. The van der Waals surface area contributed by atoms with E-state index < -0.39 is 35.5 Å². The summed E-state index contributed by atoms with van der Waals surface area (Å²) >= 11 is 0. The van der Waals surface area contributed by atoms with Crippen LogP contribution in [-0.4, -0.2) is 76.8 Å². The van der Waals surface area contributed by atoms with Crippen molar-refractivity contribution in [1.29, 1.82) is 0 Å². The van der Waals surface area contributed by atoms with E-state index in [4.69, 9.17) is 4.74 Å². The predicted octanol–water partition coefficient (Wildman–Crippen LogP) is 4.83. The number of benzene rings is 3. The maximum absolute atomic E-state index is 14.4. The van der Waals surface area contributed by atoms with E-state index in [2.05, 4.69) is 27.2 Å². The van der Waals surface area contributed by atoms with Crippen molar-refractivity contribution in [1.82, 2.24) is 25.3 Å². The molecule has 3 aliphatic rings. The van der Waals surface area contributed by atoms with Gasteiger partial charge in [0.25, 0.3) is 11.8 Å². The Hall–Kier alpha value is -5.27. The molecule has 264 valence electrons. The highest BCUT2D eigenvalue weighted by Crippen LogP contribution is 2.42. The number of amides is 3. The Morgan fingerprint density at radius 2 is 1.82 bits per heavy atom. The molecule has 13 heteroatoms. The molecule has 0 saturated carbocycles. The van der Waals surface area contributed by atoms with E-state index in [1.54, 1.807) is 23.9 Å². The molecule has 3 amide bonds. The summed E-state index contributed by atoms with van der Waals surface area (Å²) in [4.78, 5) is 44.7. The van der Waals surface area contributed by atoms with Gasteiger partial charge in [0.05, 0.1) is 30.2 Å². The number of carbonyl (C=O) groups excluding carboxylic acids is 3. The quantitative estimate of drug-likeness (QED) is 0.230. The van der Waals surface area contributed by atoms with Gasteiger partial charge in [-0.15, -0.1) is 0 Å². The number of morpholine rings is 1. The van der Waals surface area contributed by atoms with Crippen LogP contribution in [0.3, 0.4) is 0 Å². The van der Waals surface area contributed by atoms with Gasteiger partial charge in [0.2, 0.25) is 5.91 Å². The Kier molecular flexibility index (Phi) is 9.25. The molecule has 4 aromatic rings. The maximum atomic E-state index is 14.4. The van der Waals surface area contributed by atoms with Crippen LogP contribution in [0.5, 0.6) is 0 Å². The lowest BCUT2D eigenvalue weighted by molar-refractivity contribution is -0.137. The van der Waals surface area contributed by atoms with Gasteiger partial charge in [0.1, 0.15) is 11.9 Å². The minimum absolute atomic E-state index is 0.181. The lowest BCUT2D eigenvalue weighted by Gasteiger charge is -2.38. The summed E-state index contributed by atoms with van der Waals surface area (Å²) in [5.41, 5.74) is 2.02. The lowest BCUT2D eigenvalue weighted by atomic mass is 9.81. The first kappa shape index (κ1) is 34.2. The number of nitrogens with one attached hydrogen (secondary N) is 2. The van der Waals surface area contributed by atoms with Gasteiger partial charge in [-0.05, 0) is 54.8 Å². The van der Waals surface area contributed by atoms with Crippen molar-refractivity contribution in [2.45, 2.75) is 50.2 Å². The van der Waals surface area contributed by atoms with Crippen LogP contribution in [0.15, 0.2) is 97.2 Å². The van der Waals surface area contributed by atoms with Crippen molar-refractivity contribution in [3.8, 4) is 5.69 Å². The molecule has 10 nitrogen and oxygen atoms in total. The number of hydrogen-bond donors (Lipinski definition) is 2. The van der Waals surface area contributed by atoms with Gasteiger partial charge in [-0.3, -0.25) is 24.2 Å². The second-order valence-electron chi connectivity index (χ2n) is 13.1. The van der Waals surface area contributed by atoms with Gasteiger partial charge in [-0.1, -0.05) is 55.1 Å². The maximum Gasteiger partial charge on any atom is 0.416 e. The highest BCUT2D eigenvalue weighted by atomic mass is 19.4. The Labute approximate surface area is 292 Å². The van der Waals surface area contributed by atoms with Crippen LogP contribution in [0.25, 0.3) is 5.69 Å². The molecule has 2 fully saturated rings. The molecule has 3 aromatic carbocycles. The first-order chi connectivity index (χ1) is 24.5. The van der Waals surface area contributed by atoms with Gasteiger partial charge >= 0.3 is 6.18 Å². The summed E-state index contributed by atoms with van der Waals surface area (Å²) in [7, 11) is 0. The number of ether oxygens (including phenoxy) is 1. The van der Waals surface area contributed by atoms with Gasteiger partial charge < -0.3 is 15.4 Å². The number of rotatable bonds is 10. The van der Waals surface area contributed by atoms with Gasteiger partial charge in [0.15, 0.2) is 0 Å². The van der Waals surface area contributed by atoms with Crippen LogP contribution in [0.1, 0.15) is 51.9 Å². The molecule has 1 aromatic heterocycles. The van der Waals surface area contributed by atoms with Crippen molar-refractivity contribution in [2.75, 3.05) is 31.1 Å². The van der Waals surface area contributed by atoms with Crippen molar-refractivity contribution in [3.05, 3.63) is 125 Å². The van der Waals surface area contributed by atoms with E-state index in [1.165, 1.54) is 11.0 Å². The summed E-state index contributed by atoms with van der Waals surface area (Å²) in [6, 6.07) is 19.8. The van der Waals surface area contributed by atoms with Gasteiger partial charge in [-0.2, -0.15) is 18.3 Å². The monoisotopic (exact) mass is 698 g/mol. The Morgan fingerprint density at radius 3 is 2.53 bits per heavy atom. The first-order valence-electron chi connectivity index (χ1n) is 16.8. The lowest BCUT2D eigenvalue weighted by Crippen LogP contribution is -2.55. The summed E-state index contributed by atoms with van der Waals surface area (Å²) in [5.74, 6) is -1.77. The third kappa shape index (κ3) is 6.78. The zero-order chi connectivity index (χ0) is 35.9. The SMILES string of the molecule is C=C(CN1C[C@@H]2C[C@H]1CO2)C(=O)NCc1cccc([C@@H]2c3cnn(-c4ccccc4)c3N(CC)C(=O)[C@@H]2NC(=O)c2cccc(C(F)(F)F)c2)c1. The Bertz CT molecular complexity index is 1980. The number of likely N-dealkylation sites (tertiary alicyclic amines) is 1. The fourth-order valence-electron chi connectivity index (χ4n) is 7.27. The molecular formula is C38H37F3N6O4. The number of carbonyl (C=O) groups is 3. The number of fused-ring (bicyclic) bond motifs is 3. The van der Waals surface area contributed by atoms with Crippen LogP contribution in [0.4, 0.5) is 19.0 Å². The van der Waals surface area contributed by atoms with E-state index in [1.807, 2.05) is 48.5 Å². The molecule has 3 aliphatic heterocycles. The standard InChI is InChI=1S/C38H37F3N6O4/c1-3-46-36-31(19-43-47(36)28-13-5-4-6-14-28)32(33(37(46)50)44-35(49)26-11-8-12-27(16-26)38(39,40)41)25-10-7-9-24(15-25)18-42-34(48)23(2)20-45-21-30-17-29(45)22-51-30/h4-16,19,29-30,32-33H,2-3,17-18,20-22H2,1H3,(H,42,48)(H,44,49)/t29-,30-,32+,33+/m0/s1. The van der Waals surface area contributed by atoms with Crippen molar-refractivity contribution in [3.63, 3.8) is 0 Å². The van der Waals surface area contributed by atoms with E-state index >= 15 is 0 Å². The summed E-state index contributed by atoms with van der Waals surface area (Å²) in [6.45, 7) is 8.14. The van der Waals surface area contributed by atoms with Crippen LogP contribution in [0.2, 0.25) is 0 Å². The molecule has 4 heterocycles. The number of anilines is 1. The van der Waals surface area contributed by atoms with Crippen molar-refractivity contribution in [2.24, 2.45) is 0 Å². The predicted molar refractivity (Wildman–Crippen MR) is 183 cm³/mol. The Balaban J connectivity index is 1.19. The van der Waals surface area contributed by atoms with E-state index in [-0.39, 0.29) is 30.7 Å². The number of alkyl halides is 3. The smallest absolute Gasteiger partial charge is 0.375 e. The number of likely N-dealkylation sites (N-methyl/N-ethyl adjacent to an activating group) is 1. The zero-order valence-corrected chi connectivity index (χ0v) is 27.9. The molecule has 2 N–H and O–H groups in total. The fraction of sp³-hybridized carbons (Fsp3) is 0.316. The Morgan fingerprint density at radius 1 is 1.04 bits per heavy atom. The summed E-state index contributed by atoms with van der Waals surface area (Å²) in [6.07, 6.45) is -1.82. The van der Waals surface area contributed by atoms with Crippen molar-refractivity contribution >= 4 is 23.5 Å². The molecule has 0 aliphatic carbocycles. The molecule has 2 bridgehead atoms. The minimum atomic E-state index is -4.65. The molecule has 4 atom stereocenters. The van der Waals surface area contributed by atoms with Crippen LogP contribution >= 0.6 is 0 Å². The molecule has 7 rings (SSSR count). The molecule has 0 spiro atoms. The third-order valence-corrected chi connectivity index (χ3v) is 9.78. The first-order valence-corrected chi connectivity index (χ1v) is 16.8. The summed E-state index contributed by atoms with van der Waals surface area (Å²) < 4.78 is 47.9. The molecule has 0 radical (unpaired) electrons. The van der Waals surface area contributed by atoms with E-state index in [0.717, 1.165) is 42.4 Å². The van der Waals surface area contributed by atoms with Crippen molar-refractivity contribution < 1.29 is 32.3 Å². The third-order valence-electron chi connectivity index (χ3n) is 9.78. The number of aromatic nitrogens is 2. The van der Waals surface area contributed by atoms with E-state index in [9.17, 15) is 27.6 Å². The molecule has 0 unspecified atom stereocenters. The van der Waals surface area contributed by atoms with Crippen LogP contribution in [0, 0.1) is 0 Å². The average molecular weight is 699 g/mol. The number of para-hydroxylation sites is 1. The number of halogens is 3. The number of nitrogens with zero attached hydrogens (tertiary/aromatic N) is 4. The topological polar surface area (TPSA) is 109 Å². The molecule has 51 heavy (non-hydrogen) atoms. The highest BCUT2D eigenvalue weighted by Gasteiger charge is 2.45. The molecular weight excluding hydrogens is 661 g/mol. The largest absolute Gasteiger partial charge is 0.416 e.